The Morgan fingerprint density at radius 1 is 0.556 bits per heavy atom. The largest absolute Gasteiger partial charge is 0.472 e. The van der Waals surface area contributed by atoms with E-state index in [1.54, 1.807) is 0 Å². The third kappa shape index (κ3) is 37.7. The van der Waals surface area contributed by atoms with Gasteiger partial charge in [0.25, 0.3) is 0 Å². The van der Waals surface area contributed by atoms with Crippen molar-refractivity contribution in [3.8, 4) is 0 Å². The topological polar surface area (TPSA) is 149 Å². The van der Waals surface area contributed by atoms with Gasteiger partial charge in [0.1, 0.15) is 12.7 Å². The number of hydrogen-bond acceptors (Lipinski definition) is 9. The van der Waals surface area contributed by atoms with Crippen LogP contribution in [0.3, 0.4) is 0 Å². The summed E-state index contributed by atoms with van der Waals surface area (Å²) < 4.78 is 32.5. The lowest BCUT2D eigenvalue weighted by atomic mass is 10.1. The normalized spacial score (nSPS) is 14.7. The Kier molecular flexibility index (Phi) is 36.8. The minimum Gasteiger partial charge on any atom is -0.462 e. The first-order chi connectivity index (χ1) is 26.2. The van der Waals surface area contributed by atoms with Gasteiger partial charge in [-0.1, -0.05) is 132 Å². The maximum atomic E-state index is 12.5. The third-order valence-electron chi connectivity index (χ3n) is 8.10. The van der Waals surface area contributed by atoms with Crippen molar-refractivity contribution in [2.24, 2.45) is 0 Å². The lowest BCUT2D eigenvalue weighted by Gasteiger charge is -2.20. The number of allylic oxidation sites excluding steroid dienone is 12. The van der Waals surface area contributed by atoms with E-state index in [0.717, 1.165) is 64.2 Å². The summed E-state index contributed by atoms with van der Waals surface area (Å²) in [5, 5.41) is 18.3. The lowest BCUT2D eigenvalue weighted by molar-refractivity contribution is -0.161. The molecule has 0 aromatic rings. The fourth-order valence-electron chi connectivity index (χ4n) is 4.91. The molecule has 10 nitrogen and oxygen atoms in total. The number of rotatable bonds is 37. The van der Waals surface area contributed by atoms with E-state index in [9.17, 15) is 24.2 Å². The van der Waals surface area contributed by atoms with Crippen molar-refractivity contribution >= 4 is 19.8 Å². The summed E-state index contributed by atoms with van der Waals surface area (Å²) in [6.07, 6.45) is 43.1. The van der Waals surface area contributed by atoms with Crippen LogP contribution in [-0.2, 0) is 32.7 Å². The Labute approximate surface area is 327 Å². The highest BCUT2D eigenvalue weighted by Gasteiger charge is 2.27. The highest BCUT2D eigenvalue weighted by molar-refractivity contribution is 7.47. The fourth-order valence-corrected chi connectivity index (χ4v) is 5.70. The lowest BCUT2D eigenvalue weighted by Crippen LogP contribution is -2.29. The first kappa shape index (κ1) is 51.4. The van der Waals surface area contributed by atoms with Crippen LogP contribution in [0.2, 0.25) is 0 Å². The zero-order valence-electron chi connectivity index (χ0n) is 33.4. The van der Waals surface area contributed by atoms with Gasteiger partial charge in [-0.3, -0.25) is 18.6 Å². The number of esters is 2. The van der Waals surface area contributed by atoms with Crippen molar-refractivity contribution in [1.82, 2.24) is 0 Å². The predicted molar refractivity (Wildman–Crippen MR) is 219 cm³/mol. The molecule has 0 saturated carbocycles. The average molecular weight is 781 g/mol. The van der Waals surface area contributed by atoms with Gasteiger partial charge in [0.05, 0.1) is 19.8 Å². The molecule has 0 saturated heterocycles. The zero-order valence-corrected chi connectivity index (χ0v) is 34.3. The summed E-state index contributed by atoms with van der Waals surface area (Å²) in [4.78, 5) is 34.8. The molecule has 0 aromatic heterocycles. The molecule has 11 heteroatoms. The second kappa shape index (κ2) is 38.7. The Morgan fingerprint density at radius 3 is 1.54 bits per heavy atom. The number of ether oxygens (including phenoxy) is 2. The maximum absolute atomic E-state index is 12.5. The molecule has 54 heavy (non-hydrogen) atoms. The molecular formula is C43H73O10P. The molecule has 0 bridgehead atoms. The summed E-state index contributed by atoms with van der Waals surface area (Å²) in [5.74, 6) is -1.04. The van der Waals surface area contributed by atoms with Crippen LogP contribution in [-0.4, -0.2) is 65.7 Å². The van der Waals surface area contributed by atoms with Crippen LogP contribution in [0.4, 0.5) is 0 Å². The van der Waals surface area contributed by atoms with Crippen LogP contribution in [0.5, 0.6) is 0 Å². The average Bonchev–Trinajstić information content (AvgIpc) is 3.16. The molecule has 0 aliphatic rings. The number of aliphatic hydroxyl groups is 2. The monoisotopic (exact) mass is 780 g/mol. The number of unbranched alkanes of at least 4 members (excludes halogenated alkanes) is 11. The van der Waals surface area contributed by atoms with Gasteiger partial charge in [-0.25, -0.2) is 4.57 Å². The predicted octanol–water partition coefficient (Wildman–Crippen LogP) is 10.5. The van der Waals surface area contributed by atoms with Crippen LogP contribution in [0.25, 0.3) is 0 Å². The highest BCUT2D eigenvalue weighted by Crippen LogP contribution is 2.43. The van der Waals surface area contributed by atoms with Crippen molar-refractivity contribution < 1.29 is 47.8 Å². The molecule has 0 rings (SSSR count). The first-order valence-corrected chi connectivity index (χ1v) is 21.9. The molecule has 0 heterocycles. The van der Waals surface area contributed by atoms with E-state index in [1.807, 2.05) is 12.2 Å². The van der Waals surface area contributed by atoms with Crippen LogP contribution in [0.1, 0.15) is 149 Å². The van der Waals surface area contributed by atoms with Gasteiger partial charge in [0, 0.05) is 12.8 Å². The van der Waals surface area contributed by atoms with Gasteiger partial charge >= 0.3 is 19.8 Å². The summed E-state index contributed by atoms with van der Waals surface area (Å²) >= 11 is 0. The van der Waals surface area contributed by atoms with E-state index in [4.69, 9.17) is 19.1 Å². The van der Waals surface area contributed by atoms with Gasteiger partial charge in [-0.2, -0.15) is 0 Å². The maximum Gasteiger partial charge on any atom is 0.472 e. The second-order valence-electron chi connectivity index (χ2n) is 13.3. The molecule has 0 amide bonds. The van der Waals surface area contributed by atoms with E-state index in [1.165, 1.54) is 44.9 Å². The number of aliphatic hydroxyl groups excluding tert-OH is 2. The number of phosphoric acid groups is 1. The number of hydrogen-bond donors (Lipinski definition) is 3. The molecule has 0 fully saturated rings. The fraction of sp³-hybridized carbons (Fsp3) is 0.674. The van der Waals surface area contributed by atoms with E-state index in [0.29, 0.717) is 12.8 Å². The Balaban J connectivity index is 4.49. The Morgan fingerprint density at radius 2 is 1.00 bits per heavy atom. The summed E-state index contributed by atoms with van der Waals surface area (Å²) in [5.41, 5.74) is 0. The molecule has 0 aliphatic heterocycles. The van der Waals surface area contributed by atoms with Crippen LogP contribution in [0, 0.1) is 0 Å². The van der Waals surface area contributed by atoms with Gasteiger partial charge in [0.15, 0.2) is 6.10 Å². The molecule has 1 unspecified atom stereocenters. The number of carbonyl (C=O) groups is 2. The van der Waals surface area contributed by atoms with Crippen molar-refractivity contribution in [1.29, 1.82) is 0 Å². The molecular weight excluding hydrogens is 707 g/mol. The van der Waals surface area contributed by atoms with Crippen molar-refractivity contribution in [2.45, 2.75) is 161 Å². The standard InChI is InChI=1S/C43H73O10P/c1-3-5-7-9-11-13-15-17-18-19-20-21-22-23-25-27-29-31-33-35-43(47)53-41(39-52-54(48,49)51-37-40(45)36-44)38-50-42(46)34-32-30-28-26-24-16-14-12-10-8-6-4-2/h11-14,17-18,20-21,23,25,29,31,40-41,44-45H,3-10,15-16,19,22,24,26-28,30,32-39H2,1-2H3,(H,48,49)/b13-11+,14-12+,18-17+,21-20+,25-23+,31-29+/t40-,41+/m0/s1. The van der Waals surface area contributed by atoms with Gasteiger partial charge in [0.2, 0.25) is 0 Å². The van der Waals surface area contributed by atoms with Crippen molar-refractivity contribution in [2.75, 3.05) is 26.4 Å². The van der Waals surface area contributed by atoms with Gasteiger partial charge in [-0.15, -0.1) is 0 Å². The zero-order chi connectivity index (χ0) is 39.8. The molecule has 310 valence electrons. The van der Waals surface area contributed by atoms with Gasteiger partial charge in [-0.05, 0) is 77.0 Å². The quantitative estimate of drug-likeness (QED) is 0.0241. The van der Waals surface area contributed by atoms with Gasteiger partial charge < -0.3 is 24.6 Å². The van der Waals surface area contributed by atoms with Crippen LogP contribution in [0.15, 0.2) is 72.9 Å². The molecule has 0 aliphatic carbocycles. The minimum absolute atomic E-state index is 0.0557. The molecule has 0 radical (unpaired) electrons. The van der Waals surface area contributed by atoms with Crippen molar-refractivity contribution in [3.05, 3.63) is 72.9 Å². The van der Waals surface area contributed by atoms with Crippen LogP contribution >= 0.6 is 7.82 Å². The second-order valence-corrected chi connectivity index (χ2v) is 14.8. The summed E-state index contributed by atoms with van der Waals surface area (Å²) in [6, 6.07) is 0. The van der Waals surface area contributed by atoms with E-state index < -0.39 is 51.8 Å². The first-order valence-electron chi connectivity index (χ1n) is 20.4. The molecule has 3 atom stereocenters. The van der Waals surface area contributed by atoms with E-state index >= 15 is 0 Å². The van der Waals surface area contributed by atoms with Crippen molar-refractivity contribution in [3.63, 3.8) is 0 Å². The molecule has 3 N–H and O–H groups in total. The minimum atomic E-state index is -4.64. The summed E-state index contributed by atoms with van der Waals surface area (Å²) in [7, 11) is -4.64. The SMILES string of the molecule is CCCCC/C=C/C/C=C/C/C=C/C/C=C/C/C=C/CCC(=O)O[C@H](COC(=O)CCCCCCC/C=C/CCCCC)COP(=O)(O)OC[C@@H](O)CO. The number of phosphoric ester groups is 1. The smallest absolute Gasteiger partial charge is 0.462 e. The Bertz CT molecular complexity index is 1130. The van der Waals surface area contributed by atoms with Crippen LogP contribution < -0.4 is 0 Å². The number of carbonyl (C=O) groups excluding carboxylic acids is 2. The third-order valence-corrected chi connectivity index (χ3v) is 9.05. The van der Waals surface area contributed by atoms with E-state index in [-0.39, 0.29) is 19.4 Å². The van der Waals surface area contributed by atoms with E-state index in [2.05, 4.69) is 79.1 Å². The highest BCUT2D eigenvalue weighted by atomic mass is 31.2. The molecule has 0 aromatic carbocycles. The molecule has 0 spiro atoms. The Hall–Kier alpha value is -2.59. The summed E-state index contributed by atoms with van der Waals surface area (Å²) in [6.45, 7) is 2.21.